The number of thiazole rings is 2. The van der Waals surface area contributed by atoms with E-state index in [4.69, 9.17) is 14.6 Å². The molecule has 50 heavy (non-hydrogen) atoms. The van der Waals surface area contributed by atoms with E-state index in [0.29, 0.717) is 53.6 Å². The monoisotopic (exact) mass is 733 g/mol. The van der Waals surface area contributed by atoms with Gasteiger partial charge >= 0.3 is 4.87 Å². The van der Waals surface area contributed by atoms with E-state index in [2.05, 4.69) is 47.9 Å². The number of aromatic hydroxyl groups is 1. The molecular formula is C36H55N5O7S2. The van der Waals surface area contributed by atoms with Crippen LogP contribution in [-0.4, -0.2) is 105 Å². The van der Waals surface area contributed by atoms with Crippen LogP contribution in [-0.2, 0) is 9.53 Å². The second kappa shape index (κ2) is 18.6. The fourth-order valence-corrected chi connectivity index (χ4v) is 8.56. The van der Waals surface area contributed by atoms with E-state index < -0.39 is 6.10 Å². The van der Waals surface area contributed by atoms with Gasteiger partial charge in [0, 0.05) is 49.6 Å². The predicted octanol–water partition coefficient (Wildman–Crippen LogP) is 5.57. The number of aliphatic hydroxyl groups excluding tert-OH is 1. The van der Waals surface area contributed by atoms with Crippen molar-refractivity contribution < 1.29 is 29.6 Å². The Labute approximate surface area is 302 Å². The summed E-state index contributed by atoms with van der Waals surface area (Å²) >= 11 is 2.59. The number of aromatic nitrogens is 2. The van der Waals surface area contributed by atoms with Crippen LogP contribution in [0.1, 0.15) is 112 Å². The van der Waals surface area contributed by atoms with Crippen LogP contribution in [0.15, 0.2) is 22.3 Å². The van der Waals surface area contributed by atoms with Crippen LogP contribution in [0, 0.1) is 5.41 Å². The molecule has 14 heteroatoms. The number of carboxylic acid groups (broad SMARTS) is 1. The first-order chi connectivity index (χ1) is 23.9. The number of aliphatic hydroxyl groups is 1. The quantitative estimate of drug-likeness (QED) is 0.0984. The number of amides is 1. The number of unbranched alkanes of at least 4 members (excludes halogenated alkanes) is 4. The summed E-state index contributed by atoms with van der Waals surface area (Å²) in [5.41, 5.74) is 1.53. The first-order valence-electron chi connectivity index (χ1n) is 17.8. The van der Waals surface area contributed by atoms with Crippen molar-refractivity contribution in [2.24, 2.45) is 5.41 Å². The lowest BCUT2D eigenvalue weighted by molar-refractivity contribution is -0.127. The van der Waals surface area contributed by atoms with Crippen molar-refractivity contribution in [3.8, 4) is 5.75 Å². The Bertz CT molecular complexity index is 1580. The number of piperidine rings is 1. The maximum absolute atomic E-state index is 13.2. The molecule has 1 aromatic carbocycles. The zero-order valence-corrected chi connectivity index (χ0v) is 31.5. The summed E-state index contributed by atoms with van der Waals surface area (Å²) in [6.45, 7) is 14.8. The van der Waals surface area contributed by atoms with E-state index in [1.165, 1.54) is 38.2 Å². The summed E-state index contributed by atoms with van der Waals surface area (Å²) < 4.78 is 6.92. The van der Waals surface area contributed by atoms with Crippen molar-refractivity contribution in [2.75, 3.05) is 52.4 Å². The SMILES string of the molecule is CC(C)c1nc(C(=O)N2CCOC3(CCN(CCCCCCCC(C)(C)CNCC(O)c4ccc(O)c5[nH]c(=O)sc45)CC3)C2)cs1.O=CO. The average molecular weight is 734 g/mol. The van der Waals surface area contributed by atoms with Gasteiger partial charge in [-0.15, -0.1) is 11.3 Å². The number of aromatic amines is 1. The molecular weight excluding hydrogens is 679 g/mol. The lowest BCUT2D eigenvalue weighted by Gasteiger charge is -2.47. The van der Waals surface area contributed by atoms with Crippen LogP contribution < -0.4 is 10.2 Å². The molecule has 0 aliphatic carbocycles. The third-order valence-corrected chi connectivity index (χ3v) is 11.8. The van der Waals surface area contributed by atoms with Crippen LogP contribution in [0.25, 0.3) is 10.2 Å². The molecule has 1 amide bonds. The molecule has 1 unspecified atom stereocenters. The third-order valence-electron chi connectivity index (χ3n) is 9.75. The number of phenolic OH excluding ortho intramolecular Hbond substituents is 1. The van der Waals surface area contributed by atoms with Crippen LogP contribution >= 0.6 is 22.7 Å². The number of hydrogen-bond donors (Lipinski definition) is 5. The molecule has 4 heterocycles. The van der Waals surface area contributed by atoms with E-state index in [1.807, 2.05) is 10.3 Å². The highest BCUT2D eigenvalue weighted by Crippen LogP contribution is 2.33. The maximum Gasteiger partial charge on any atom is 0.305 e. The lowest BCUT2D eigenvalue weighted by Crippen LogP contribution is -2.58. The van der Waals surface area contributed by atoms with Gasteiger partial charge in [-0.25, -0.2) is 4.98 Å². The minimum Gasteiger partial charge on any atom is -0.506 e. The molecule has 2 fully saturated rings. The van der Waals surface area contributed by atoms with Crippen molar-refractivity contribution in [3.05, 3.63) is 43.4 Å². The van der Waals surface area contributed by atoms with E-state index in [1.54, 1.807) is 17.4 Å². The number of benzene rings is 1. The number of likely N-dealkylation sites (tertiary alicyclic amines) is 1. The number of phenols is 1. The predicted molar refractivity (Wildman–Crippen MR) is 199 cm³/mol. The van der Waals surface area contributed by atoms with Gasteiger partial charge in [-0.2, -0.15) is 0 Å². The van der Waals surface area contributed by atoms with Gasteiger partial charge in [-0.05, 0) is 43.7 Å². The van der Waals surface area contributed by atoms with Gasteiger partial charge in [0.15, 0.2) is 0 Å². The van der Waals surface area contributed by atoms with Gasteiger partial charge in [0.2, 0.25) is 0 Å². The van der Waals surface area contributed by atoms with Gasteiger partial charge in [0.05, 0.1) is 34.6 Å². The number of rotatable bonds is 15. The molecule has 3 aromatic rings. The molecule has 0 bridgehead atoms. The summed E-state index contributed by atoms with van der Waals surface area (Å²) in [4.78, 5) is 44.8. The summed E-state index contributed by atoms with van der Waals surface area (Å²) in [6, 6.07) is 3.21. The largest absolute Gasteiger partial charge is 0.506 e. The number of hydrogen-bond acceptors (Lipinski definition) is 11. The third kappa shape index (κ3) is 11.1. The fraction of sp³-hybridized carbons (Fsp3) is 0.667. The minimum absolute atomic E-state index is 0.0212. The Morgan fingerprint density at radius 3 is 2.56 bits per heavy atom. The molecule has 5 N–H and O–H groups in total. The van der Waals surface area contributed by atoms with Crippen molar-refractivity contribution in [1.29, 1.82) is 0 Å². The summed E-state index contributed by atoms with van der Waals surface area (Å²) in [5, 5.41) is 34.0. The average Bonchev–Trinajstić information content (AvgIpc) is 3.73. The first-order valence-corrected chi connectivity index (χ1v) is 19.5. The molecule has 5 rings (SSSR count). The maximum atomic E-state index is 13.2. The van der Waals surface area contributed by atoms with Crippen LogP contribution in [0.2, 0.25) is 0 Å². The second-order valence-corrected chi connectivity index (χ2v) is 16.5. The van der Waals surface area contributed by atoms with Crippen molar-refractivity contribution in [3.63, 3.8) is 0 Å². The number of fused-ring (bicyclic) bond motifs is 1. The molecule has 2 aliphatic heterocycles. The van der Waals surface area contributed by atoms with E-state index in [0.717, 1.165) is 61.8 Å². The van der Waals surface area contributed by atoms with Crippen molar-refractivity contribution in [1.82, 2.24) is 25.1 Å². The number of nitrogens with zero attached hydrogens (tertiary/aromatic N) is 3. The number of nitrogens with one attached hydrogen (secondary N) is 2. The standard InChI is InChI=1S/C35H53N5O5S2.CH2O2/c1-24(2)31-37-26(21-46-31)32(43)40-18-19-45-35(23-40)13-16-39(17-14-35)15-9-7-5-6-8-12-34(3,4)22-36-20-28(42)25-10-11-27(41)29-30(25)47-33(44)38-29;2-1-3/h10-11,21,24,28,36,41-42H,5-9,12-20,22-23H2,1-4H3,(H,38,44);1H,(H,2,3). The van der Waals surface area contributed by atoms with Crippen LogP contribution in [0.4, 0.5) is 0 Å². The van der Waals surface area contributed by atoms with Crippen LogP contribution in [0.5, 0.6) is 5.75 Å². The number of carbonyl (C=O) groups is 2. The number of carbonyl (C=O) groups excluding carboxylic acids is 1. The summed E-state index contributed by atoms with van der Waals surface area (Å²) in [7, 11) is 0. The lowest BCUT2D eigenvalue weighted by atomic mass is 9.86. The zero-order chi connectivity index (χ0) is 36.3. The Morgan fingerprint density at radius 2 is 1.86 bits per heavy atom. The van der Waals surface area contributed by atoms with Gasteiger partial charge < -0.3 is 40.2 Å². The number of H-pyrrole nitrogens is 1. The molecule has 2 saturated heterocycles. The second-order valence-electron chi connectivity index (χ2n) is 14.7. The van der Waals surface area contributed by atoms with Gasteiger partial charge in [0.25, 0.3) is 12.4 Å². The molecule has 1 spiro atoms. The Kier molecular flexibility index (Phi) is 14.8. The van der Waals surface area contributed by atoms with Crippen LogP contribution in [0.3, 0.4) is 0 Å². The van der Waals surface area contributed by atoms with Gasteiger partial charge in [-0.3, -0.25) is 14.4 Å². The summed E-state index contributed by atoms with van der Waals surface area (Å²) in [6.07, 6.45) is 8.41. The van der Waals surface area contributed by atoms with Gasteiger partial charge in [0.1, 0.15) is 17.0 Å². The topological polar surface area (TPSA) is 168 Å². The minimum atomic E-state index is -0.757. The smallest absolute Gasteiger partial charge is 0.305 e. The Balaban J connectivity index is 0.00000181. The van der Waals surface area contributed by atoms with Crippen molar-refractivity contribution >= 4 is 45.3 Å². The molecule has 12 nitrogen and oxygen atoms in total. The highest BCUT2D eigenvalue weighted by Gasteiger charge is 2.41. The number of ether oxygens (including phenoxy) is 1. The normalized spacial score (nSPS) is 17.2. The number of morpholine rings is 1. The molecule has 278 valence electrons. The Hall–Kier alpha value is -2.88. The van der Waals surface area contributed by atoms with Gasteiger partial charge in [-0.1, -0.05) is 70.8 Å². The highest BCUT2D eigenvalue weighted by atomic mass is 32.1. The molecule has 0 saturated carbocycles. The fourth-order valence-electron chi connectivity index (χ4n) is 6.83. The first kappa shape index (κ1) is 39.9. The van der Waals surface area contributed by atoms with E-state index in [-0.39, 0.29) is 34.0 Å². The highest BCUT2D eigenvalue weighted by molar-refractivity contribution is 7.16. The molecule has 1 atom stereocenters. The molecule has 0 radical (unpaired) electrons. The van der Waals surface area contributed by atoms with E-state index in [9.17, 15) is 19.8 Å². The molecule has 2 aromatic heterocycles. The summed E-state index contributed by atoms with van der Waals surface area (Å²) in [5.74, 6) is 0.401. The zero-order valence-electron chi connectivity index (χ0n) is 29.9. The Morgan fingerprint density at radius 1 is 1.16 bits per heavy atom. The van der Waals surface area contributed by atoms with Crippen molar-refractivity contribution in [2.45, 2.75) is 96.7 Å². The van der Waals surface area contributed by atoms with E-state index >= 15 is 0 Å². The molecule has 2 aliphatic rings.